The van der Waals surface area contributed by atoms with Gasteiger partial charge in [0.05, 0.1) is 0 Å². The van der Waals surface area contributed by atoms with Gasteiger partial charge in [-0.25, -0.2) is 9.90 Å². The quantitative estimate of drug-likeness (QED) is 0.564. The molecule has 0 saturated carbocycles. The first-order chi connectivity index (χ1) is 3.85. The molecule has 0 spiro atoms. The zero-order chi connectivity index (χ0) is 7.65. The third kappa shape index (κ3) is 2.59. The van der Waals surface area contributed by atoms with Gasteiger partial charge < -0.3 is 0 Å². The summed E-state index contributed by atoms with van der Waals surface area (Å²) in [7, 11) is 0. The lowest BCUT2D eigenvalue weighted by Gasteiger charge is -2.06. The number of carbonyl (C=O) groups is 1. The smallest absolute Gasteiger partial charge is 0.246 e. The molecule has 0 aromatic heterocycles. The highest BCUT2D eigenvalue weighted by Gasteiger charge is 2.43. The number of hydrogen-bond donors (Lipinski definition) is 1. The van der Waals surface area contributed by atoms with E-state index in [2.05, 4.69) is 12.6 Å². The van der Waals surface area contributed by atoms with Crippen molar-refractivity contribution in [1.29, 1.82) is 0 Å². The van der Waals surface area contributed by atoms with Gasteiger partial charge in [-0.2, -0.15) is 25.8 Å². The average Bonchev–Trinajstić information content (AvgIpc) is 1.62. The zero-order valence-electron chi connectivity index (χ0n) is 3.97. The fourth-order valence-electron chi connectivity index (χ4n) is 0.134. The Kier molecular flexibility index (Phi) is 2.36. The lowest BCUT2D eigenvalue weighted by Crippen LogP contribution is -2.30. The molecular weight excluding hydrogens is 157 g/mol. The minimum absolute atomic E-state index is 2.23. The van der Waals surface area contributed by atoms with Gasteiger partial charge >= 0.3 is 12.1 Å². The Labute approximate surface area is 54.1 Å². The van der Waals surface area contributed by atoms with Crippen LogP contribution in [0.2, 0.25) is 0 Å². The second kappa shape index (κ2) is 2.47. The standard InChI is InChI=1S/C3H2F3O2S/c4-3(5,6)1(9)2(7)8/h1,9H. The van der Waals surface area contributed by atoms with Crippen LogP contribution in [0, 0.1) is 0 Å². The van der Waals surface area contributed by atoms with Crippen LogP contribution in [0.25, 0.3) is 0 Å². The van der Waals surface area contributed by atoms with Gasteiger partial charge in [0.25, 0.3) is 0 Å². The van der Waals surface area contributed by atoms with Crippen molar-refractivity contribution in [1.82, 2.24) is 0 Å². The molecule has 0 aliphatic heterocycles. The Morgan fingerprint density at radius 3 is 1.78 bits per heavy atom. The van der Waals surface area contributed by atoms with E-state index >= 15 is 0 Å². The molecule has 9 heavy (non-hydrogen) atoms. The molecule has 0 aromatic rings. The highest BCUT2D eigenvalue weighted by Crippen LogP contribution is 2.24. The molecule has 2 nitrogen and oxygen atoms in total. The summed E-state index contributed by atoms with van der Waals surface area (Å²) in [6.07, 6.45) is -4.82. The van der Waals surface area contributed by atoms with E-state index in [4.69, 9.17) is 0 Å². The van der Waals surface area contributed by atoms with Crippen molar-refractivity contribution in [3.63, 3.8) is 0 Å². The summed E-state index contributed by atoms with van der Waals surface area (Å²) in [5.41, 5.74) is 0. The minimum Gasteiger partial charge on any atom is -0.246 e. The summed E-state index contributed by atoms with van der Waals surface area (Å²) in [5, 5.41) is 6.76. The van der Waals surface area contributed by atoms with Gasteiger partial charge in [0.1, 0.15) is 0 Å². The minimum atomic E-state index is -4.82. The Balaban J connectivity index is 4.04. The first kappa shape index (κ1) is 8.61. The third-order valence-corrected chi connectivity index (χ3v) is 1.04. The van der Waals surface area contributed by atoms with Crippen LogP contribution < -0.4 is 0 Å². The molecule has 0 fully saturated rings. The first-order valence-electron chi connectivity index (χ1n) is 1.81. The zero-order valence-corrected chi connectivity index (χ0v) is 4.87. The summed E-state index contributed by atoms with van der Waals surface area (Å²) in [6, 6.07) is 0. The van der Waals surface area contributed by atoms with Crippen molar-refractivity contribution in [3.8, 4) is 0 Å². The van der Waals surface area contributed by atoms with E-state index in [1.807, 2.05) is 0 Å². The van der Waals surface area contributed by atoms with Crippen LogP contribution in [0.3, 0.4) is 0 Å². The molecule has 6 heteroatoms. The number of hydrogen-bond acceptors (Lipinski definition) is 2. The summed E-state index contributed by atoms with van der Waals surface area (Å²) in [6.45, 7) is 0. The van der Waals surface area contributed by atoms with Crippen LogP contribution in [-0.4, -0.2) is 17.4 Å². The molecule has 1 atom stereocenters. The predicted octanol–water partition coefficient (Wildman–Crippen LogP) is 0.804. The third-order valence-electron chi connectivity index (χ3n) is 0.533. The monoisotopic (exact) mass is 159 g/mol. The summed E-state index contributed by atoms with van der Waals surface area (Å²) >= 11 is 2.72. The van der Waals surface area contributed by atoms with E-state index in [0.717, 1.165) is 0 Å². The molecule has 1 radical (unpaired) electrons. The van der Waals surface area contributed by atoms with Crippen LogP contribution >= 0.6 is 12.6 Å². The maximum atomic E-state index is 11.2. The molecule has 0 N–H and O–H groups in total. The molecule has 0 rings (SSSR count). The Morgan fingerprint density at radius 2 is 1.78 bits per heavy atom. The van der Waals surface area contributed by atoms with Crippen molar-refractivity contribution in [2.24, 2.45) is 0 Å². The molecule has 0 bridgehead atoms. The molecule has 0 aliphatic rings. The Hall–Kier alpha value is -0.390. The van der Waals surface area contributed by atoms with E-state index in [-0.39, 0.29) is 0 Å². The molecule has 0 aliphatic carbocycles. The second-order valence-electron chi connectivity index (χ2n) is 1.26. The van der Waals surface area contributed by atoms with Crippen molar-refractivity contribution in [3.05, 3.63) is 0 Å². The summed E-state index contributed by atoms with van der Waals surface area (Å²) in [4.78, 5) is 9.44. The summed E-state index contributed by atoms with van der Waals surface area (Å²) in [5.74, 6) is -2.23. The van der Waals surface area contributed by atoms with Crippen LogP contribution in [0.5, 0.6) is 0 Å². The molecular formula is C3H2F3O2S. The lowest BCUT2D eigenvalue weighted by molar-refractivity contribution is -0.167. The van der Waals surface area contributed by atoms with Gasteiger partial charge in [-0.1, -0.05) is 0 Å². The van der Waals surface area contributed by atoms with E-state index in [1.165, 1.54) is 0 Å². The van der Waals surface area contributed by atoms with Gasteiger partial charge in [0, 0.05) is 0 Å². The fraction of sp³-hybridized carbons (Fsp3) is 0.667. The van der Waals surface area contributed by atoms with Gasteiger partial charge in [0.2, 0.25) is 0 Å². The molecule has 0 aromatic carbocycles. The summed E-state index contributed by atoms with van der Waals surface area (Å²) < 4.78 is 33.6. The van der Waals surface area contributed by atoms with Crippen LogP contribution in [0.1, 0.15) is 0 Å². The molecule has 53 valence electrons. The van der Waals surface area contributed by atoms with E-state index in [9.17, 15) is 23.1 Å². The molecule has 0 saturated heterocycles. The number of halogens is 3. The fourth-order valence-corrected chi connectivity index (χ4v) is 0.134. The molecule has 1 unspecified atom stereocenters. The molecule has 0 amide bonds. The van der Waals surface area contributed by atoms with E-state index < -0.39 is 17.4 Å². The van der Waals surface area contributed by atoms with Gasteiger partial charge in [-0.3, -0.25) is 0 Å². The Bertz CT molecular complexity index is 121. The normalized spacial score (nSPS) is 15.1. The van der Waals surface area contributed by atoms with Crippen molar-refractivity contribution in [2.45, 2.75) is 11.4 Å². The van der Waals surface area contributed by atoms with Gasteiger partial charge in [-0.15, -0.1) is 0 Å². The largest absolute Gasteiger partial charge is 0.411 e. The van der Waals surface area contributed by atoms with Crippen molar-refractivity contribution >= 4 is 18.6 Å². The maximum absolute atomic E-state index is 11.2. The SMILES string of the molecule is [O]C(=O)C(S)C(F)(F)F. The lowest BCUT2D eigenvalue weighted by atomic mass is 10.4. The Morgan fingerprint density at radius 1 is 1.44 bits per heavy atom. The van der Waals surface area contributed by atoms with Crippen LogP contribution in [0.4, 0.5) is 13.2 Å². The second-order valence-corrected chi connectivity index (χ2v) is 1.78. The number of thiol groups is 1. The van der Waals surface area contributed by atoms with Gasteiger partial charge in [-0.05, 0) is 0 Å². The van der Waals surface area contributed by atoms with Crippen LogP contribution in [-0.2, 0) is 9.90 Å². The maximum Gasteiger partial charge on any atom is 0.411 e. The van der Waals surface area contributed by atoms with E-state index in [0.29, 0.717) is 0 Å². The van der Waals surface area contributed by atoms with Crippen molar-refractivity contribution in [2.75, 3.05) is 0 Å². The topological polar surface area (TPSA) is 37.0 Å². The number of carbonyl (C=O) groups excluding carboxylic acids is 1. The van der Waals surface area contributed by atoms with Crippen LogP contribution in [0.15, 0.2) is 0 Å². The molecule has 0 heterocycles. The van der Waals surface area contributed by atoms with Crippen molar-refractivity contribution < 1.29 is 23.1 Å². The van der Waals surface area contributed by atoms with Gasteiger partial charge in [0.15, 0.2) is 5.25 Å². The highest BCUT2D eigenvalue weighted by molar-refractivity contribution is 7.81. The number of rotatable bonds is 1. The van der Waals surface area contributed by atoms with E-state index in [1.54, 1.807) is 0 Å². The first-order valence-corrected chi connectivity index (χ1v) is 2.33. The number of alkyl halides is 3. The average molecular weight is 159 g/mol. The highest BCUT2D eigenvalue weighted by atomic mass is 32.1. The predicted molar refractivity (Wildman–Crippen MR) is 24.5 cm³/mol.